The van der Waals surface area contributed by atoms with E-state index in [-0.39, 0.29) is 17.9 Å². The molecule has 11 nitrogen and oxygen atoms in total. The third-order valence-corrected chi connectivity index (χ3v) is 6.95. The van der Waals surface area contributed by atoms with Crippen LogP contribution in [0.15, 0.2) is 59.3 Å². The molecule has 0 radical (unpaired) electrons. The van der Waals surface area contributed by atoms with Gasteiger partial charge in [-0.2, -0.15) is 14.6 Å². The summed E-state index contributed by atoms with van der Waals surface area (Å²) in [5.74, 6) is 0.738. The van der Waals surface area contributed by atoms with Crippen LogP contribution < -0.4 is 11.1 Å². The minimum absolute atomic E-state index is 0.107. The number of fused-ring (bicyclic) bond motifs is 3. The molecule has 3 unspecified atom stereocenters. The predicted octanol–water partition coefficient (Wildman–Crippen LogP) is 2.50. The maximum absolute atomic E-state index is 13.9. The molecule has 5 aromatic rings. The van der Waals surface area contributed by atoms with Gasteiger partial charge >= 0.3 is 0 Å². The largest absolute Gasteiger partial charge is 0.461 e. The molecule has 1 fully saturated rings. The Morgan fingerprint density at radius 1 is 1.17 bits per heavy atom. The number of nitrogens with one attached hydrogen (secondary N) is 1. The quantitative estimate of drug-likeness (QED) is 0.343. The highest BCUT2D eigenvalue weighted by molar-refractivity contribution is 5.94. The molecule has 11 heteroatoms. The smallest absolute Gasteiger partial charge is 0.252 e. The van der Waals surface area contributed by atoms with Crippen LogP contribution in [0.4, 0.5) is 5.95 Å². The number of carbonyl (C=O) groups excluding carboxylic acids is 1. The molecule has 3 atom stereocenters. The van der Waals surface area contributed by atoms with Crippen LogP contribution in [0.1, 0.15) is 38.2 Å². The molecule has 1 aliphatic rings. The van der Waals surface area contributed by atoms with E-state index >= 15 is 0 Å². The first-order chi connectivity index (χ1) is 17.4. The van der Waals surface area contributed by atoms with Crippen molar-refractivity contribution in [3.8, 4) is 11.6 Å². The van der Waals surface area contributed by atoms with Crippen molar-refractivity contribution >= 4 is 28.5 Å². The normalized spacial score (nSPS) is 19.9. The Kier molecular flexibility index (Phi) is 5.22. The van der Waals surface area contributed by atoms with Crippen molar-refractivity contribution in [3.05, 3.63) is 60.5 Å². The minimum Gasteiger partial charge on any atom is -0.461 e. The second-order valence-corrected chi connectivity index (χ2v) is 9.34. The van der Waals surface area contributed by atoms with Crippen molar-refractivity contribution in [3.63, 3.8) is 0 Å². The number of nitrogens with two attached hydrogens (primary N) is 1. The molecule has 0 spiro atoms. The number of carbonyl (C=O) groups is 1. The van der Waals surface area contributed by atoms with Crippen molar-refractivity contribution in [1.82, 2.24) is 34.7 Å². The molecule has 1 aliphatic carbocycles. The summed E-state index contributed by atoms with van der Waals surface area (Å²) in [5, 5.41) is 22.9. The Morgan fingerprint density at radius 2 is 2.00 bits per heavy atom. The van der Waals surface area contributed by atoms with Crippen LogP contribution in [0, 0.1) is 0 Å². The summed E-state index contributed by atoms with van der Waals surface area (Å²) in [5.41, 5.74) is 6.65. The topological polar surface area (TPSA) is 149 Å². The number of amides is 1. The van der Waals surface area contributed by atoms with E-state index in [0.717, 1.165) is 24.8 Å². The van der Waals surface area contributed by atoms with Crippen molar-refractivity contribution in [2.24, 2.45) is 0 Å². The first-order valence-electron chi connectivity index (χ1n) is 11.9. The molecular formula is C25H26N8O3. The zero-order valence-electron chi connectivity index (χ0n) is 19.7. The van der Waals surface area contributed by atoms with Gasteiger partial charge < -0.3 is 20.6 Å². The summed E-state index contributed by atoms with van der Waals surface area (Å²) in [6.07, 6.45) is 5.71. The molecule has 4 aromatic heterocycles. The molecule has 4 N–H and O–H groups in total. The molecule has 1 amide bonds. The highest BCUT2D eigenvalue weighted by Crippen LogP contribution is 2.32. The number of furan rings is 1. The number of aliphatic hydroxyl groups is 1. The van der Waals surface area contributed by atoms with Gasteiger partial charge in [-0.05, 0) is 50.3 Å². The molecular weight excluding hydrogens is 460 g/mol. The number of hydrogen-bond donors (Lipinski definition) is 3. The predicted molar refractivity (Wildman–Crippen MR) is 132 cm³/mol. The van der Waals surface area contributed by atoms with Crippen LogP contribution in [0.2, 0.25) is 0 Å². The van der Waals surface area contributed by atoms with Gasteiger partial charge in [-0.1, -0.05) is 30.3 Å². The van der Waals surface area contributed by atoms with Gasteiger partial charge in [0.1, 0.15) is 0 Å². The number of hydrogen-bond acceptors (Lipinski definition) is 8. The lowest BCUT2D eigenvalue weighted by Crippen LogP contribution is -2.52. The van der Waals surface area contributed by atoms with Crippen LogP contribution in [-0.4, -0.2) is 52.5 Å². The zero-order chi connectivity index (χ0) is 24.9. The third-order valence-electron chi connectivity index (χ3n) is 6.95. The van der Waals surface area contributed by atoms with Gasteiger partial charge in [0.2, 0.25) is 11.8 Å². The van der Waals surface area contributed by atoms with E-state index < -0.39 is 11.6 Å². The molecule has 184 valence electrons. The van der Waals surface area contributed by atoms with Crippen LogP contribution in [0.25, 0.3) is 28.3 Å². The average molecular weight is 487 g/mol. The van der Waals surface area contributed by atoms with Crippen LogP contribution >= 0.6 is 0 Å². The first-order valence-corrected chi connectivity index (χ1v) is 11.9. The highest BCUT2D eigenvalue weighted by atomic mass is 16.3. The first kappa shape index (κ1) is 22.2. The third kappa shape index (κ3) is 3.51. The van der Waals surface area contributed by atoms with E-state index in [9.17, 15) is 9.90 Å². The average Bonchev–Trinajstić information content (AvgIpc) is 3.63. The molecule has 0 aliphatic heterocycles. The summed E-state index contributed by atoms with van der Waals surface area (Å²) < 4.78 is 8.47. The highest BCUT2D eigenvalue weighted by Gasteiger charge is 2.41. The monoisotopic (exact) mass is 486 g/mol. The number of aliphatic hydroxyl groups excluding tert-OH is 1. The van der Waals surface area contributed by atoms with Gasteiger partial charge in [0.25, 0.3) is 5.91 Å². The number of rotatable bonds is 5. The van der Waals surface area contributed by atoms with Crippen LogP contribution in [0.3, 0.4) is 0 Å². The number of nitrogen functional groups attached to an aromatic ring is 1. The lowest BCUT2D eigenvalue weighted by Gasteiger charge is -2.34. The number of nitrogens with zero attached hydrogens (tertiary/aromatic N) is 6. The fourth-order valence-corrected chi connectivity index (χ4v) is 4.98. The van der Waals surface area contributed by atoms with Gasteiger partial charge in [-0.25, -0.2) is 9.67 Å². The van der Waals surface area contributed by atoms with E-state index in [1.54, 1.807) is 29.3 Å². The Hall–Kier alpha value is -4.25. The molecule has 36 heavy (non-hydrogen) atoms. The second kappa shape index (κ2) is 8.45. The molecule has 4 heterocycles. The fraction of sp³-hybridized carbons (Fsp3) is 0.320. The maximum Gasteiger partial charge on any atom is 0.252 e. The van der Waals surface area contributed by atoms with Crippen molar-refractivity contribution in [2.75, 3.05) is 5.73 Å². The van der Waals surface area contributed by atoms with Crippen molar-refractivity contribution in [2.45, 2.75) is 50.3 Å². The van der Waals surface area contributed by atoms with E-state index in [1.807, 2.05) is 37.3 Å². The Morgan fingerprint density at radius 3 is 2.75 bits per heavy atom. The van der Waals surface area contributed by atoms with Crippen LogP contribution in [0.5, 0.6) is 0 Å². The molecule has 1 saturated carbocycles. The SMILES string of the molecule is CC(C(=O)NC1CCCC(O)C1)(c1ccccc1)n1ncc2c1nc(N)n1nc(-c3ccco3)nc21. The summed E-state index contributed by atoms with van der Waals surface area (Å²) in [6, 6.07) is 12.8. The second-order valence-electron chi connectivity index (χ2n) is 9.34. The number of benzene rings is 1. The lowest BCUT2D eigenvalue weighted by atomic mass is 9.88. The standard InChI is InChI=1S/C25H26N8O3/c1-25(15-7-3-2-4-8-15,23(35)28-16-9-5-10-17(34)13-16)33-22-18(14-27-33)21-29-20(19-11-6-12-36-19)31-32(21)24(26)30-22/h2-4,6-8,11-12,14,16-17,34H,5,9-10,13H2,1H3,(H2,26,30)(H,28,35). The zero-order valence-corrected chi connectivity index (χ0v) is 19.7. The van der Waals surface area contributed by atoms with Crippen LogP contribution in [-0.2, 0) is 10.3 Å². The lowest BCUT2D eigenvalue weighted by molar-refractivity contribution is -0.128. The van der Waals surface area contributed by atoms with Gasteiger partial charge in [-0.15, -0.1) is 5.10 Å². The van der Waals surface area contributed by atoms with Gasteiger partial charge in [0.05, 0.1) is 24.0 Å². The van der Waals surface area contributed by atoms with E-state index in [0.29, 0.717) is 34.7 Å². The van der Waals surface area contributed by atoms with Gasteiger partial charge in [-0.3, -0.25) is 4.79 Å². The van der Waals surface area contributed by atoms with E-state index in [2.05, 4.69) is 25.5 Å². The van der Waals surface area contributed by atoms with E-state index in [1.165, 1.54) is 4.52 Å². The molecule has 0 bridgehead atoms. The van der Waals surface area contributed by atoms with Gasteiger partial charge in [0.15, 0.2) is 22.6 Å². The van der Waals surface area contributed by atoms with E-state index in [4.69, 9.17) is 10.2 Å². The summed E-state index contributed by atoms with van der Waals surface area (Å²) >= 11 is 0. The maximum atomic E-state index is 13.9. The minimum atomic E-state index is -1.24. The number of aromatic nitrogens is 6. The Balaban J connectivity index is 1.49. The summed E-state index contributed by atoms with van der Waals surface area (Å²) in [4.78, 5) is 23.1. The molecule has 0 saturated heterocycles. The molecule has 1 aromatic carbocycles. The van der Waals surface area contributed by atoms with Crippen molar-refractivity contribution < 1.29 is 14.3 Å². The fourth-order valence-electron chi connectivity index (χ4n) is 4.98. The Labute approximate surface area is 205 Å². The van der Waals surface area contributed by atoms with Crippen molar-refractivity contribution in [1.29, 1.82) is 0 Å². The van der Waals surface area contributed by atoms with Gasteiger partial charge in [0, 0.05) is 6.04 Å². The molecule has 6 rings (SSSR count). The number of anilines is 1. The Bertz CT molecular complexity index is 1540. The summed E-state index contributed by atoms with van der Waals surface area (Å²) in [7, 11) is 0. The summed E-state index contributed by atoms with van der Waals surface area (Å²) in [6.45, 7) is 1.81.